The van der Waals surface area contributed by atoms with Gasteiger partial charge in [0.05, 0.1) is 0 Å². The third-order valence-corrected chi connectivity index (χ3v) is 2.37. The van der Waals surface area contributed by atoms with E-state index >= 15 is 0 Å². The number of rotatable bonds is 2. The van der Waals surface area contributed by atoms with E-state index in [1.54, 1.807) is 6.07 Å². The summed E-state index contributed by atoms with van der Waals surface area (Å²) in [5.41, 5.74) is 15.1. The van der Waals surface area contributed by atoms with E-state index in [9.17, 15) is 0 Å². The standard InChI is InChI=1S/C14H14N2.ClH/c15-13-8-9-14(16)12(10-13)7-6-11-4-2-1-3-5-11;/h1-10H,15-16H2;1H. The van der Waals surface area contributed by atoms with Crippen LogP contribution in [0.15, 0.2) is 48.5 Å². The van der Waals surface area contributed by atoms with Gasteiger partial charge in [0.2, 0.25) is 0 Å². The van der Waals surface area contributed by atoms with E-state index in [0.29, 0.717) is 0 Å². The molecule has 2 nitrogen and oxygen atoms in total. The average Bonchev–Trinajstić information content (AvgIpc) is 2.32. The molecule has 0 unspecified atom stereocenters. The van der Waals surface area contributed by atoms with Crippen molar-refractivity contribution in [2.45, 2.75) is 0 Å². The monoisotopic (exact) mass is 246 g/mol. The van der Waals surface area contributed by atoms with Crippen molar-refractivity contribution in [3.05, 3.63) is 59.7 Å². The number of hydrogen-bond donors (Lipinski definition) is 2. The second-order valence-corrected chi connectivity index (χ2v) is 3.63. The molecule has 2 rings (SSSR count). The maximum atomic E-state index is 5.85. The van der Waals surface area contributed by atoms with Crippen molar-refractivity contribution in [2.75, 3.05) is 11.5 Å². The molecule has 4 N–H and O–H groups in total. The minimum atomic E-state index is 0. The lowest BCUT2D eigenvalue weighted by Crippen LogP contribution is -1.91. The topological polar surface area (TPSA) is 52.0 Å². The van der Waals surface area contributed by atoms with Crippen molar-refractivity contribution in [3.8, 4) is 0 Å². The number of halogens is 1. The van der Waals surface area contributed by atoms with Gasteiger partial charge in [0.1, 0.15) is 0 Å². The Morgan fingerprint density at radius 3 is 2.24 bits per heavy atom. The molecule has 0 heterocycles. The summed E-state index contributed by atoms with van der Waals surface area (Å²) in [6.45, 7) is 0. The van der Waals surface area contributed by atoms with Gasteiger partial charge >= 0.3 is 0 Å². The second-order valence-electron chi connectivity index (χ2n) is 3.63. The smallest absolute Gasteiger partial charge is 0.0389 e. The zero-order valence-corrected chi connectivity index (χ0v) is 10.2. The van der Waals surface area contributed by atoms with E-state index in [1.165, 1.54) is 0 Å². The van der Waals surface area contributed by atoms with Crippen LogP contribution in [-0.4, -0.2) is 0 Å². The average molecular weight is 247 g/mol. The predicted molar refractivity (Wildman–Crippen MR) is 77.9 cm³/mol. The molecule has 3 heteroatoms. The molecule has 0 radical (unpaired) electrons. The molecule has 2 aromatic rings. The molecule has 0 spiro atoms. The fourth-order valence-electron chi connectivity index (χ4n) is 1.49. The Hall–Kier alpha value is -1.93. The fraction of sp³-hybridized carbons (Fsp3) is 0. The quantitative estimate of drug-likeness (QED) is 0.630. The van der Waals surface area contributed by atoms with Gasteiger partial charge in [0.25, 0.3) is 0 Å². The molecule has 0 amide bonds. The number of anilines is 2. The van der Waals surface area contributed by atoms with E-state index in [0.717, 1.165) is 22.5 Å². The van der Waals surface area contributed by atoms with Crippen molar-refractivity contribution < 1.29 is 0 Å². The van der Waals surface area contributed by atoms with Crippen LogP contribution in [-0.2, 0) is 0 Å². The van der Waals surface area contributed by atoms with Crippen LogP contribution in [0.25, 0.3) is 12.2 Å². The molecule has 17 heavy (non-hydrogen) atoms. The van der Waals surface area contributed by atoms with Gasteiger partial charge in [-0.15, -0.1) is 12.4 Å². The first-order chi connectivity index (χ1) is 7.75. The summed E-state index contributed by atoms with van der Waals surface area (Å²) in [7, 11) is 0. The van der Waals surface area contributed by atoms with Crippen LogP contribution in [0.1, 0.15) is 11.1 Å². The highest BCUT2D eigenvalue weighted by molar-refractivity contribution is 5.85. The van der Waals surface area contributed by atoms with Crippen LogP contribution in [0.4, 0.5) is 11.4 Å². The molecular formula is C14H15ClN2. The van der Waals surface area contributed by atoms with Crippen molar-refractivity contribution >= 4 is 35.9 Å². The Balaban J connectivity index is 0.00000144. The molecule has 0 fully saturated rings. The summed E-state index contributed by atoms with van der Waals surface area (Å²) in [5, 5.41) is 0. The van der Waals surface area contributed by atoms with Gasteiger partial charge in [-0.2, -0.15) is 0 Å². The maximum absolute atomic E-state index is 5.85. The predicted octanol–water partition coefficient (Wildman–Crippen LogP) is 3.44. The van der Waals surface area contributed by atoms with Gasteiger partial charge in [0, 0.05) is 11.4 Å². The highest BCUT2D eigenvalue weighted by Gasteiger charge is 1.95. The lowest BCUT2D eigenvalue weighted by molar-refractivity contribution is 1.62. The first kappa shape index (κ1) is 13.1. The summed E-state index contributed by atoms with van der Waals surface area (Å²) < 4.78 is 0. The van der Waals surface area contributed by atoms with Gasteiger partial charge in [0.15, 0.2) is 0 Å². The Bertz CT molecular complexity index is 507. The second kappa shape index (κ2) is 5.97. The number of hydrogen-bond acceptors (Lipinski definition) is 2. The van der Waals surface area contributed by atoms with E-state index in [2.05, 4.69) is 0 Å². The zero-order chi connectivity index (χ0) is 11.4. The summed E-state index contributed by atoms with van der Waals surface area (Å²) in [5.74, 6) is 0. The largest absolute Gasteiger partial charge is 0.399 e. The first-order valence-corrected chi connectivity index (χ1v) is 5.14. The molecule has 2 aromatic carbocycles. The molecule has 0 atom stereocenters. The highest BCUT2D eigenvalue weighted by Crippen LogP contribution is 2.18. The van der Waals surface area contributed by atoms with Crippen LogP contribution in [0.5, 0.6) is 0 Å². The number of nitrogens with two attached hydrogens (primary N) is 2. The Morgan fingerprint density at radius 2 is 1.53 bits per heavy atom. The van der Waals surface area contributed by atoms with E-state index in [4.69, 9.17) is 11.5 Å². The van der Waals surface area contributed by atoms with E-state index < -0.39 is 0 Å². The lowest BCUT2D eigenvalue weighted by atomic mass is 10.1. The Labute approximate surface area is 107 Å². The maximum Gasteiger partial charge on any atom is 0.0389 e. The SMILES string of the molecule is Cl.Nc1ccc(N)c(C=Cc2ccccc2)c1. The number of nitrogen functional groups attached to an aromatic ring is 2. The van der Waals surface area contributed by atoms with Gasteiger partial charge in [-0.3, -0.25) is 0 Å². The van der Waals surface area contributed by atoms with Crippen LogP contribution in [0, 0.1) is 0 Å². The molecule has 0 aliphatic heterocycles. The molecule has 0 aliphatic rings. The zero-order valence-electron chi connectivity index (χ0n) is 9.34. The molecule has 0 saturated carbocycles. The first-order valence-electron chi connectivity index (χ1n) is 5.14. The summed E-state index contributed by atoms with van der Waals surface area (Å²) in [4.78, 5) is 0. The Morgan fingerprint density at radius 1 is 0.824 bits per heavy atom. The minimum absolute atomic E-state index is 0. The van der Waals surface area contributed by atoms with Crippen molar-refractivity contribution in [1.82, 2.24) is 0 Å². The molecule has 88 valence electrons. The van der Waals surface area contributed by atoms with Gasteiger partial charge in [-0.25, -0.2) is 0 Å². The molecule has 0 aliphatic carbocycles. The van der Waals surface area contributed by atoms with Crippen LogP contribution in [0.2, 0.25) is 0 Å². The summed E-state index contributed by atoms with van der Waals surface area (Å²) in [6.07, 6.45) is 3.99. The third kappa shape index (κ3) is 3.54. The van der Waals surface area contributed by atoms with Crippen molar-refractivity contribution in [3.63, 3.8) is 0 Å². The van der Waals surface area contributed by atoms with Crippen LogP contribution < -0.4 is 11.5 Å². The molecule has 0 bridgehead atoms. The molecule has 0 aromatic heterocycles. The van der Waals surface area contributed by atoms with Crippen molar-refractivity contribution in [2.24, 2.45) is 0 Å². The minimum Gasteiger partial charge on any atom is -0.399 e. The number of benzene rings is 2. The van der Waals surface area contributed by atoms with E-state index in [-0.39, 0.29) is 12.4 Å². The third-order valence-electron chi connectivity index (χ3n) is 2.37. The normalized spacial score (nSPS) is 10.1. The molecule has 0 saturated heterocycles. The van der Waals surface area contributed by atoms with E-state index in [1.807, 2.05) is 54.6 Å². The Kier molecular flexibility index (Phi) is 4.61. The highest BCUT2D eigenvalue weighted by atomic mass is 35.5. The van der Waals surface area contributed by atoms with Crippen LogP contribution in [0.3, 0.4) is 0 Å². The van der Waals surface area contributed by atoms with Gasteiger partial charge in [-0.05, 0) is 29.3 Å². The fourth-order valence-corrected chi connectivity index (χ4v) is 1.49. The van der Waals surface area contributed by atoms with Crippen LogP contribution >= 0.6 is 12.4 Å². The molecular weight excluding hydrogens is 232 g/mol. The lowest BCUT2D eigenvalue weighted by Gasteiger charge is -2.01. The van der Waals surface area contributed by atoms with Gasteiger partial charge < -0.3 is 11.5 Å². The van der Waals surface area contributed by atoms with Crippen molar-refractivity contribution in [1.29, 1.82) is 0 Å². The van der Waals surface area contributed by atoms with Gasteiger partial charge in [-0.1, -0.05) is 42.5 Å². The summed E-state index contributed by atoms with van der Waals surface area (Å²) in [6, 6.07) is 15.6. The summed E-state index contributed by atoms with van der Waals surface area (Å²) >= 11 is 0.